The average Bonchev–Trinajstić information content (AvgIpc) is 2.84. The molecule has 1 aromatic rings. The van der Waals surface area contributed by atoms with Crippen LogP contribution < -0.4 is 14.8 Å². The molecule has 1 saturated carbocycles. The molecule has 0 radical (unpaired) electrons. The highest BCUT2D eigenvalue weighted by molar-refractivity contribution is 5.42. The molecule has 1 aromatic heterocycles. The summed E-state index contributed by atoms with van der Waals surface area (Å²) in [6.07, 6.45) is 4.69. The molecule has 19 heavy (non-hydrogen) atoms. The Kier molecular flexibility index (Phi) is 4.99. The first kappa shape index (κ1) is 14.1. The van der Waals surface area contributed by atoms with Crippen LogP contribution in [0.25, 0.3) is 0 Å². The number of rotatable bonds is 6. The molecule has 2 atom stereocenters. The van der Waals surface area contributed by atoms with Gasteiger partial charge in [0.15, 0.2) is 11.5 Å². The maximum absolute atomic E-state index is 9.77. The fourth-order valence-corrected chi connectivity index (χ4v) is 2.61. The van der Waals surface area contributed by atoms with E-state index in [2.05, 4.69) is 10.3 Å². The van der Waals surface area contributed by atoms with Gasteiger partial charge in [-0.1, -0.05) is 6.42 Å². The highest BCUT2D eigenvalue weighted by Crippen LogP contribution is 2.29. The van der Waals surface area contributed by atoms with Crippen LogP contribution in [0, 0.1) is 5.92 Å². The molecular weight excluding hydrogens is 244 g/mol. The van der Waals surface area contributed by atoms with Gasteiger partial charge in [0.1, 0.15) is 0 Å². The molecule has 1 aliphatic carbocycles. The van der Waals surface area contributed by atoms with E-state index >= 15 is 0 Å². The second-order valence-corrected chi connectivity index (χ2v) is 4.88. The summed E-state index contributed by atoms with van der Waals surface area (Å²) in [5.41, 5.74) is 0.828. The standard InChI is InChI=1S/C14H22N2O3/c1-18-13-6-7-16-11(14(13)19-2)9-15-8-10-4-3-5-12(10)17/h6-7,10,12,15,17H,3-5,8-9H2,1-2H3. The van der Waals surface area contributed by atoms with Crippen LogP contribution in [0.3, 0.4) is 0 Å². The van der Waals surface area contributed by atoms with E-state index in [1.54, 1.807) is 26.5 Å². The van der Waals surface area contributed by atoms with Crippen molar-refractivity contribution < 1.29 is 14.6 Å². The maximum Gasteiger partial charge on any atom is 0.183 e. The molecule has 0 bridgehead atoms. The molecule has 1 heterocycles. The molecule has 106 valence electrons. The Morgan fingerprint density at radius 2 is 2.21 bits per heavy atom. The molecule has 0 aliphatic heterocycles. The van der Waals surface area contributed by atoms with Crippen molar-refractivity contribution in [1.29, 1.82) is 0 Å². The number of methoxy groups -OCH3 is 2. The van der Waals surface area contributed by atoms with Crippen LogP contribution in [0.4, 0.5) is 0 Å². The van der Waals surface area contributed by atoms with Gasteiger partial charge in [-0.2, -0.15) is 0 Å². The van der Waals surface area contributed by atoms with Crippen LogP contribution in [0.15, 0.2) is 12.3 Å². The van der Waals surface area contributed by atoms with Crippen LogP contribution in [-0.4, -0.2) is 37.0 Å². The summed E-state index contributed by atoms with van der Waals surface area (Å²) in [6, 6.07) is 1.78. The van der Waals surface area contributed by atoms with Gasteiger partial charge in [-0.25, -0.2) is 0 Å². The monoisotopic (exact) mass is 266 g/mol. The summed E-state index contributed by atoms with van der Waals surface area (Å²) in [5, 5.41) is 13.1. The van der Waals surface area contributed by atoms with E-state index in [1.165, 1.54) is 0 Å². The topological polar surface area (TPSA) is 63.6 Å². The lowest BCUT2D eigenvalue weighted by molar-refractivity contribution is 0.131. The first-order valence-electron chi connectivity index (χ1n) is 6.71. The van der Waals surface area contributed by atoms with Crippen LogP contribution in [0.5, 0.6) is 11.5 Å². The van der Waals surface area contributed by atoms with Crippen LogP contribution in [0.2, 0.25) is 0 Å². The van der Waals surface area contributed by atoms with Crippen molar-refractivity contribution in [1.82, 2.24) is 10.3 Å². The van der Waals surface area contributed by atoms with E-state index in [-0.39, 0.29) is 6.10 Å². The number of pyridine rings is 1. The molecule has 1 fully saturated rings. The normalized spacial score (nSPS) is 22.5. The van der Waals surface area contributed by atoms with Gasteiger partial charge in [0.2, 0.25) is 0 Å². The summed E-state index contributed by atoms with van der Waals surface area (Å²) >= 11 is 0. The minimum atomic E-state index is -0.160. The summed E-state index contributed by atoms with van der Waals surface area (Å²) in [6.45, 7) is 1.42. The molecule has 5 nitrogen and oxygen atoms in total. The Hall–Kier alpha value is -1.33. The lowest BCUT2D eigenvalue weighted by Crippen LogP contribution is -2.27. The number of nitrogens with zero attached hydrogens (tertiary/aromatic N) is 1. The number of nitrogens with one attached hydrogen (secondary N) is 1. The summed E-state index contributed by atoms with van der Waals surface area (Å²) in [7, 11) is 3.23. The third-order valence-electron chi connectivity index (χ3n) is 3.68. The first-order valence-corrected chi connectivity index (χ1v) is 6.71. The minimum absolute atomic E-state index is 0.160. The first-order chi connectivity index (χ1) is 9.26. The zero-order valence-corrected chi connectivity index (χ0v) is 11.6. The third kappa shape index (κ3) is 3.36. The Labute approximate surface area is 114 Å². The quantitative estimate of drug-likeness (QED) is 0.813. The third-order valence-corrected chi connectivity index (χ3v) is 3.68. The molecule has 0 aromatic carbocycles. The SMILES string of the molecule is COc1ccnc(CNCC2CCCC2O)c1OC. The van der Waals surface area contributed by atoms with Crippen LogP contribution in [0.1, 0.15) is 25.0 Å². The fourth-order valence-electron chi connectivity index (χ4n) is 2.61. The summed E-state index contributed by atoms with van der Waals surface area (Å²) < 4.78 is 10.6. The van der Waals surface area contributed by atoms with E-state index in [0.29, 0.717) is 24.0 Å². The van der Waals surface area contributed by atoms with Crippen LogP contribution >= 0.6 is 0 Å². The van der Waals surface area contributed by atoms with Gasteiger partial charge in [-0.05, 0) is 18.8 Å². The lowest BCUT2D eigenvalue weighted by Gasteiger charge is -2.16. The Balaban J connectivity index is 1.92. The van der Waals surface area contributed by atoms with Crippen molar-refractivity contribution in [3.8, 4) is 11.5 Å². The lowest BCUT2D eigenvalue weighted by atomic mass is 10.1. The molecule has 1 aliphatic rings. The summed E-state index contributed by atoms with van der Waals surface area (Å²) in [4.78, 5) is 4.31. The van der Waals surface area contributed by atoms with Crippen LogP contribution in [-0.2, 0) is 6.54 Å². The van der Waals surface area contributed by atoms with E-state index in [1.807, 2.05) is 0 Å². The van der Waals surface area contributed by atoms with Crippen molar-refractivity contribution in [3.05, 3.63) is 18.0 Å². The Morgan fingerprint density at radius 3 is 2.84 bits per heavy atom. The Morgan fingerprint density at radius 1 is 1.37 bits per heavy atom. The predicted octanol–water partition coefficient (Wildman–Crippen LogP) is 1.35. The highest BCUT2D eigenvalue weighted by Gasteiger charge is 2.24. The highest BCUT2D eigenvalue weighted by atomic mass is 16.5. The van der Waals surface area contributed by atoms with Gasteiger partial charge in [-0.15, -0.1) is 0 Å². The zero-order valence-electron chi connectivity index (χ0n) is 11.6. The van der Waals surface area contributed by atoms with Crippen molar-refractivity contribution >= 4 is 0 Å². The molecule has 2 N–H and O–H groups in total. The average molecular weight is 266 g/mol. The molecule has 0 saturated heterocycles. The van der Waals surface area contributed by atoms with Crippen molar-refractivity contribution in [2.45, 2.75) is 31.9 Å². The number of hydrogen-bond acceptors (Lipinski definition) is 5. The van der Waals surface area contributed by atoms with E-state index in [9.17, 15) is 5.11 Å². The molecule has 0 spiro atoms. The van der Waals surface area contributed by atoms with E-state index < -0.39 is 0 Å². The van der Waals surface area contributed by atoms with Crippen molar-refractivity contribution in [3.63, 3.8) is 0 Å². The van der Waals surface area contributed by atoms with Gasteiger partial charge >= 0.3 is 0 Å². The maximum atomic E-state index is 9.77. The van der Waals surface area contributed by atoms with Gasteiger partial charge in [0.05, 0.1) is 26.0 Å². The Bertz CT molecular complexity index is 412. The number of ether oxygens (including phenoxy) is 2. The van der Waals surface area contributed by atoms with Gasteiger partial charge in [-0.3, -0.25) is 4.98 Å². The minimum Gasteiger partial charge on any atom is -0.493 e. The largest absolute Gasteiger partial charge is 0.493 e. The number of aliphatic hydroxyl groups is 1. The number of aliphatic hydroxyl groups excluding tert-OH is 1. The molecular formula is C14H22N2O3. The van der Waals surface area contributed by atoms with Crippen molar-refractivity contribution in [2.75, 3.05) is 20.8 Å². The smallest absolute Gasteiger partial charge is 0.183 e. The number of hydrogen-bond donors (Lipinski definition) is 2. The second kappa shape index (κ2) is 6.73. The predicted molar refractivity (Wildman–Crippen MR) is 72.4 cm³/mol. The molecule has 2 rings (SSSR count). The van der Waals surface area contributed by atoms with E-state index in [0.717, 1.165) is 31.5 Å². The van der Waals surface area contributed by atoms with Gasteiger partial charge < -0.3 is 19.9 Å². The van der Waals surface area contributed by atoms with Gasteiger partial charge in [0, 0.05) is 25.4 Å². The summed E-state index contributed by atoms with van der Waals surface area (Å²) in [5.74, 6) is 1.72. The fraction of sp³-hybridized carbons (Fsp3) is 0.643. The van der Waals surface area contributed by atoms with Crippen molar-refractivity contribution in [2.24, 2.45) is 5.92 Å². The second-order valence-electron chi connectivity index (χ2n) is 4.88. The number of aromatic nitrogens is 1. The van der Waals surface area contributed by atoms with E-state index in [4.69, 9.17) is 9.47 Å². The zero-order chi connectivity index (χ0) is 13.7. The molecule has 5 heteroatoms. The molecule has 2 unspecified atom stereocenters. The van der Waals surface area contributed by atoms with Gasteiger partial charge in [0.25, 0.3) is 0 Å². The molecule has 0 amide bonds.